The molecule has 9 heavy (non-hydrogen) atoms. The lowest BCUT2D eigenvalue weighted by atomic mass is 10.7. The van der Waals surface area contributed by atoms with E-state index in [1.54, 1.807) is 0 Å². The SMILES string of the molecule is CNCC(O)S(=O)(=O)O. The Morgan fingerprint density at radius 3 is 2.22 bits per heavy atom. The zero-order valence-electron chi connectivity index (χ0n) is 4.90. The first kappa shape index (κ1) is 8.83. The standard InChI is InChI=1S/C3H9NO4S/c1-4-2-3(5)9(6,7)8/h3-5H,2H2,1H3,(H,6,7,8). The molecule has 0 amide bonds. The summed E-state index contributed by atoms with van der Waals surface area (Å²) in [6.07, 6.45) is 0. The van der Waals surface area contributed by atoms with Gasteiger partial charge in [0, 0.05) is 6.54 Å². The van der Waals surface area contributed by atoms with E-state index in [1.165, 1.54) is 7.05 Å². The maximum Gasteiger partial charge on any atom is 0.293 e. The molecule has 0 radical (unpaired) electrons. The van der Waals surface area contributed by atoms with Crippen LogP contribution >= 0.6 is 0 Å². The Morgan fingerprint density at radius 1 is 1.67 bits per heavy atom. The van der Waals surface area contributed by atoms with Crippen molar-refractivity contribution in [2.75, 3.05) is 13.6 Å². The van der Waals surface area contributed by atoms with Crippen molar-refractivity contribution in [2.24, 2.45) is 0 Å². The molecule has 0 aromatic heterocycles. The van der Waals surface area contributed by atoms with Crippen LogP contribution in [0.2, 0.25) is 0 Å². The maximum atomic E-state index is 9.99. The molecule has 0 heterocycles. The predicted octanol–water partition coefficient (Wildman–Crippen LogP) is -1.59. The summed E-state index contributed by atoms with van der Waals surface area (Å²) in [6.45, 7) is -0.168. The van der Waals surface area contributed by atoms with Crippen molar-refractivity contribution in [1.82, 2.24) is 5.32 Å². The second kappa shape index (κ2) is 3.11. The Labute approximate surface area is 53.4 Å². The van der Waals surface area contributed by atoms with Crippen molar-refractivity contribution in [2.45, 2.75) is 5.44 Å². The Kier molecular flexibility index (Phi) is 3.06. The average Bonchev–Trinajstić information content (AvgIpc) is 1.64. The molecule has 0 aliphatic carbocycles. The van der Waals surface area contributed by atoms with Crippen LogP contribution in [-0.4, -0.2) is 37.1 Å². The number of likely N-dealkylation sites (N-methyl/N-ethyl adjacent to an activating group) is 1. The topological polar surface area (TPSA) is 86.6 Å². The smallest absolute Gasteiger partial charge is 0.293 e. The van der Waals surface area contributed by atoms with E-state index >= 15 is 0 Å². The highest BCUT2D eigenvalue weighted by molar-refractivity contribution is 7.86. The molecule has 0 rings (SSSR count). The first-order valence-corrected chi connectivity index (χ1v) is 3.77. The van der Waals surface area contributed by atoms with Crippen molar-refractivity contribution in [3.8, 4) is 0 Å². The lowest BCUT2D eigenvalue weighted by Crippen LogP contribution is -2.30. The average molecular weight is 155 g/mol. The summed E-state index contributed by atoms with van der Waals surface area (Å²) in [6, 6.07) is 0. The fourth-order valence-electron chi connectivity index (χ4n) is 0.280. The molecule has 0 fully saturated rings. The van der Waals surface area contributed by atoms with E-state index in [-0.39, 0.29) is 6.54 Å². The molecule has 0 aliphatic rings. The van der Waals surface area contributed by atoms with E-state index in [0.717, 1.165) is 0 Å². The maximum absolute atomic E-state index is 9.99. The largest absolute Gasteiger partial charge is 0.374 e. The van der Waals surface area contributed by atoms with Crippen LogP contribution in [0.25, 0.3) is 0 Å². The van der Waals surface area contributed by atoms with Gasteiger partial charge in [0.05, 0.1) is 0 Å². The van der Waals surface area contributed by atoms with E-state index in [1.807, 2.05) is 0 Å². The number of aliphatic hydroxyl groups excluding tert-OH is 1. The van der Waals surface area contributed by atoms with E-state index in [2.05, 4.69) is 5.32 Å². The number of nitrogens with one attached hydrogen (secondary N) is 1. The second-order valence-corrected chi connectivity index (χ2v) is 3.10. The Morgan fingerprint density at radius 2 is 2.11 bits per heavy atom. The van der Waals surface area contributed by atoms with Crippen LogP contribution in [0, 0.1) is 0 Å². The van der Waals surface area contributed by atoms with Crippen LogP contribution in [0.5, 0.6) is 0 Å². The van der Waals surface area contributed by atoms with Gasteiger partial charge in [-0.15, -0.1) is 0 Å². The molecule has 0 bridgehead atoms. The fraction of sp³-hybridized carbons (Fsp3) is 1.00. The minimum Gasteiger partial charge on any atom is -0.374 e. The van der Waals surface area contributed by atoms with Crippen molar-refractivity contribution in [3.63, 3.8) is 0 Å². The third kappa shape index (κ3) is 3.41. The highest BCUT2D eigenvalue weighted by Crippen LogP contribution is 1.89. The van der Waals surface area contributed by atoms with Crippen molar-refractivity contribution in [1.29, 1.82) is 0 Å². The van der Waals surface area contributed by atoms with E-state index < -0.39 is 15.6 Å². The normalized spacial score (nSPS) is 15.4. The molecule has 1 unspecified atom stereocenters. The first-order valence-electron chi connectivity index (χ1n) is 2.27. The second-order valence-electron chi connectivity index (χ2n) is 1.53. The number of rotatable bonds is 3. The van der Waals surface area contributed by atoms with E-state index in [4.69, 9.17) is 9.66 Å². The zero-order chi connectivity index (χ0) is 7.49. The lowest BCUT2D eigenvalue weighted by Gasteiger charge is -2.03. The molecule has 0 spiro atoms. The third-order valence-electron chi connectivity index (χ3n) is 0.723. The van der Waals surface area contributed by atoms with Gasteiger partial charge in [-0.1, -0.05) is 0 Å². The van der Waals surface area contributed by atoms with Gasteiger partial charge < -0.3 is 10.4 Å². The summed E-state index contributed by atoms with van der Waals surface area (Å²) >= 11 is 0. The van der Waals surface area contributed by atoms with Gasteiger partial charge in [0.2, 0.25) is 0 Å². The molecule has 6 heteroatoms. The predicted molar refractivity (Wildman–Crippen MR) is 31.5 cm³/mol. The molecular formula is C3H9NO4S. The van der Waals surface area contributed by atoms with Gasteiger partial charge in [-0.3, -0.25) is 4.55 Å². The molecule has 1 atom stereocenters. The Balaban J connectivity index is 3.90. The summed E-state index contributed by atoms with van der Waals surface area (Å²) in [5.41, 5.74) is -1.72. The molecule has 0 aliphatic heterocycles. The lowest BCUT2D eigenvalue weighted by molar-refractivity contribution is 0.232. The summed E-state index contributed by atoms with van der Waals surface area (Å²) < 4.78 is 28.1. The first-order chi connectivity index (χ1) is 3.98. The monoisotopic (exact) mass is 155 g/mol. The van der Waals surface area contributed by atoms with Gasteiger partial charge in [0.1, 0.15) is 0 Å². The van der Waals surface area contributed by atoms with Gasteiger partial charge in [0.15, 0.2) is 5.44 Å². The number of hydrogen-bond donors (Lipinski definition) is 3. The van der Waals surface area contributed by atoms with Crippen LogP contribution in [-0.2, 0) is 10.1 Å². The van der Waals surface area contributed by atoms with Crippen LogP contribution in [0.4, 0.5) is 0 Å². The number of aliphatic hydroxyl groups is 1. The third-order valence-corrected chi connectivity index (χ3v) is 1.58. The van der Waals surface area contributed by atoms with E-state index in [0.29, 0.717) is 0 Å². The molecule has 0 saturated heterocycles. The number of hydrogen-bond acceptors (Lipinski definition) is 4. The molecule has 0 saturated carbocycles. The van der Waals surface area contributed by atoms with Crippen LogP contribution in [0.3, 0.4) is 0 Å². The highest BCUT2D eigenvalue weighted by atomic mass is 32.2. The van der Waals surface area contributed by atoms with Crippen LogP contribution < -0.4 is 5.32 Å². The fourth-order valence-corrected chi connectivity index (χ4v) is 0.657. The van der Waals surface area contributed by atoms with Gasteiger partial charge in [-0.05, 0) is 7.05 Å². The molecule has 0 aromatic carbocycles. The van der Waals surface area contributed by atoms with Crippen molar-refractivity contribution in [3.05, 3.63) is 0 Å². The quantitative estimate of drug-likeness (QED) is 0.428. The highest BCUT2D eigenvalue weighted by Gasteiger charge is 2.17. The molecule has 0 aromatic rings. The summed E-state index contributed by atoms with van der Waals surface area (Å²) in [7, 11) is -2.81. The van der Waals surface area contributed by atoms with Gasteiger partial charge in [-0.25, -0.2) is 0 Å². The minimum absolute atomic E-state index is 0.168. The summed E-state index contributed by atoms with van der Waals surface area (Å²) in [4.78, 5) is 0. The minimum atomic E-state index is -4.27. The van der Waals surface area contributed by atoms with Gasteiger partial charge in [-0.2, -0.15) is 8.42 Å². The Hall–Kier alpha value is -0.170. The molecule has 56 valence electrons. The zero-order valence-corrected chi connectivity index (χ0v) is 5.72. The summed E-state index contributed by atoms with van der Waals surface area (Å²) in [5.74, 6) is 0. The summed E-state index contributed by atoms with van der Waals surface area (Å²) in [5, 5.41) is 10.9. The van der Waals surface area contributed by atoms with Crippen molar-refractivity contribution >= 4 is 10.1 Å². The van der Waals surface area contributed by atoms with Crippen LogP contribution in [0.15, 0.2) is 0 Å². The van der Waals surface area contributed by atoms with Crippen molar-refractivity contribution < 1.29 is 18.1 Å². The molecular weight excluding hydrogens is 146 g/mol. The van der Waals surface area contributed by atoms with Gasteiger partial charge in [0.25, 0.3) is 10.1 Å². The molecule has 5 nitrogen and oxygen atoms in total. The van der Waals surface area contributed by atoms with Crippen LogP contribution in [0.1, 0.15) is 0 Å². The van der Waals surface area contributed by atoms with Gasteiger partial charge >= 0.3 is 0 Å². The van der Waals surface area contributed by atoms with E-state index in [9.17, 15) is 8.42 Å². The Bertz CT molecular complexity index is 163. The molecule has 3 N–H and O–H groups in total.